The van der Waals surface area contributed by atoms with Crippen LogP contribution < -0.4 is 5.32 Å². The van der Waals surface area contributed by atoms with Gasteiger partial charge >= 0.3 is 0 Å². The van der Waals surface area contributed by atoms with Gasteiger partial charge in [0.25, 0.3) is 0 Å². The number of aromatic nitrogens is 1. The Morgan fingerprint density at radius 3 is 2.29 bits per heavy atom. The second-order valence-corrected chi connectivity index (χ2v) is 6.37. The first-order valence-electron chi connectivity index (χ1n) is 7.93. The zero-order valence-electron chi connectivity index (χ0n) is 13.8. The van der Waals surface area contributed by atoms with Crippen LogP contribution in [-0.2, 0) is 13.1 Å². The fraction of sp³-hybridized carbons (Fsp3) is 0.200. The molecule has 124 valence electrons. The van der Waals surface area contributed by atoms with E-state index in [1.54, 1.807) is 12.1 Å². The van der Waals surface area contributed by atoms with E-state index in [1.165, 1.54) is 29.1 Å². The molecule has 1 heterocycles. The highest BCUT2D eigenvalue weighted by Gasteiger charge is 2.10. The van der Waals surface area contributed by atoms with Gasteiger partial charge in [0.05, 0.1) is 0 Å². The van der Waals surface area contributed by atoms with Crippen molar-refractivity contribution in [2.75, 3.05) is 0 Å². The van der Waals surface area contributed by atoms with E-state index < -0.39 is 0 Å². The van der Waals surface area contributed by atoms with E-state index in [0.717, 1.165) is 22.8 Å². The van der Waals surface area contributed by atoms with Crippen LogP contribution in [0.25, 0.3) is 5.69 Å². The third-order valence-corrected chi connectivity index (χ3v) is 4.43. The highest BCUT2D eigenvalue weighted by atomic mass is 35.5. The molecule has 4 heteroatoms. The molecule has 0 aliphatic heterocycles. The zero-order chi connectivity index (χ0) is 17.1. The molecule has 24 heavy (non-hydrogen) atoms. The van der Waals surface area contributed by atoms with Crippen LogP contribution in [0, 0.1) is 19.7 Å². The Labute approximate surface area is 146 Å². The smallest absolute Gasteiger partial charge is 0.123 e. The summed E-state index contributed by atoms with van der Waals surface area (Å²) in [5, 5.41) is 4.16. The van der Waals surface area contributed by atoms with Crippen molar-refractivity contribution < 1.29 is 4.39 Å². The lowest BCUT2D eigenvalue weighted by atomic mass is 10.2. The summed E-state index contributed by atoms with van der Waals surface area (Å²) < 4.78 is 15.2. The highest BCUT2D eigenvalue weighted by molar-refractivity contribution is 6.30. The van der Waals surface area contributed by atoms with Crippen LogP contribution in [0.5, 0.6) is 0 Å². The number of benzene rings is 2. The van der Waals surface area contributed by atoms with Crippen LogP contribution in [0.2, 0.25) is 5.02 Å². The molecule has 3 aromatic rings. The van der Waals surface area contributed by atoms with E-state index in [2.05, 4.69) is 29.8 Å². The summed E-state index contributed by atoms with van der Waals surface area (Å²) in [5.41, 5.74) is 5.83. The highest BCUT2D eigenvalue weighted by Crippen LogP contribution is 2.22. The molecule has 0 spiro atoms. The maximum Gasteiger partial charge on any atom is 0.123 e. The van der Waals surface area contributed by atoms with Gasteiger partial charge in [-0.1, -0.05) is 23.7 Å². The van der Waals surface area contributed by atoms with Gasteiger partial charge in [-0.25, -0.2) is 4.39 Å². The Hall–Kier alpha value is -2.10. The van der Waals surface area contributed by atoms with Gasteiger partial charge in [-0.2, -0.15) is 0 Å². The Balaban J connectivity index is 1.72. The lowest BCUT2D eigenvalue weighted by Gasteiger charge is -2.10. The van der Waals surface area contributed by atoms with Crippen LogP contribution in [0.3, 0.4) is 0 Å². The SMILES string of the molecule is Cc1cc(CNCc2ccc(F)cc2)c(C)n1-c1ccc(Cl)cc1. The normalized spacial score (nSPS) is 11.0. The molecule has 1 N–H and O–H groups in total. The summed E-state index contributed by atoms with van der Waals surface area (Å²) >= 11 is 5.98. The minimum Gasteiger partial charge on any atom is -0.318 e. The lowest BCUT2D eigenvalue weighted by molar-refractivity contribution is 0.625. The fourth-order valence-electron chi connectivity index (χ4n) is 2.94. The molecule has 0 atom stereocenters. The summed E-state index contributed by atoms with van der Waals surface area (Å²) in [6.45, 7) is 5.71. The maximum absolute atomic E-state index is 12.9. The number of nitrogens with zero attached hydrogens (tertiary/aromatic N) is 1. The van der Waals surface area contributed by atoms with E-state index in [4.69, 9.17) is 11.6 Å². The number of hydrogen-bond donors (Lipinski definition) is 1. The number of hydrogen-bond acceptors (Lipinski definition) is 1. The van der Waals surface area contributed by atoms with Gasteiger partial charge in [0, 0.05) is 35.2 Å². The minimum atomic E-state index is -0.203. The molecule has 0 aliphatic carbocycles. The summed E-state index contributed by atoms with van der Waals surface area (Å²) in [6.07, 6.45) is 0. The van der Waals surface area contributed by atoms with E-state index in [-0.39, 0.29) is 5.82 Å². The average Bonchev–Trinajstić information content (AvgIpc) is 2.85. The molecule has 1 aromatic heterocycles. The number of aryl methyl sites for hydroxylation is 1. The van der Waals surface area contributed by atoms with E-state index >= 15 is 0 Å². The Kier molecular flexibility index (Phi) is 5.03. The summed E-state index contributed by atoms with van der Waals surface area (Å²) in [5.74, 6) is -0.203. The largest absolute Gasteiger partial charge is 0.318 e. The Bertz CT molecular complexity index is 820. The molecule has 0 bridgehead atoms. The summed E-state index contributed by atoms with van der Waals surface area (Å²) in [6, 6.07) is 16.6. The van der Waals surface area contributed by atoms with Crippen molar-refractivity contribution in [3.63, 3.8) is 0 Å². The van der Waals surface area contributed by atoms with Crippen molar-refractivity contribution in [2.24, 2.45) is 0 Å². The van der Waals surface area contributed by atoms with Crippen molar-refractivity contribution in [1.82, 2.24) is 9.88 Å². The predicted molar refractivity (Wildman–Crippen MR) is 97.2 cm³/mol. The molecule has 2 nitrogen and oxygen atoms in total. The molecule has 0 aliphatic rings. The van der Waals surface area contributed by atoms with Crippen molar-refractivity contribution in [2.45, 2.75) is 26.9 Å². The number of halogens is 2. The van der Waals surface area contributed by atoms with Crippen molar-refractivity contribution >= 4 is 11.6 Å². The first-order valence-corrected chi connectivity index (χ1v) is 8.31. The van der Waals surface area contributed by atoms with Crippen LogP contribution in [0.1, 0.15) is 22.5 Å². The Morgan fingerprint density at radius 2 is 1.62 bits per heavy atom. The second-order valence-electron chi connectivity index (χ2n) is 5.94. The van der Waals surface area contributed by atoms with Crippen LogP contribution in [0.15, 0.2) is 54.6 Å². The molecule has 0 saturated carbocycles. The van der Waals surface area contributed by atoms with Crippen molar-refractivity contribution in [3.8, 4) is 5.69 Å². The first-order chi connectivity index (χ1) is 11.5. The molecule has 2 aromatic carbocycles. The summed E-state index contributed by atoms with van der Waals surface area (Å²) in [4.78, 5) is 0. The minimum absolute atomic E-state index is 0.203. The summed E-state index contributed by atoms with van der Waals surface area (Å²) in [7, 11) is 0. The molecule has 0 unspecified atom stereocenters. The van der Waals surface area contributed by atoms with Gasteiger partial charge in [0.15, 0.2) is 0 Å². The molecule has 3 rings (SSSR count). The zero-order valence-corrected chi connectivity index (χ0v) is 14.6. The quantitative estimate of drug-likeness (QED) is 0.676. The van der Waals surface area contributed by atoms with Gasteiger partial charge < -0.3 is 9.88 Å². The Morgan fingerprint density at radius 1 is 0.958 bits per heavy atom. The number of rotatable bonds is 5. The predicted octanol–water partition coefficient (Wildman–Crippen LogP) is 5.18. The second kappa shape index (κ2) is 7.20. The fourth-order valence-corrected chi connectivity index (χ4v) is 3.07. The molecular formula is C20H20ClFN2. The first kappa shape index (κ1) is 16.7. The van der Waals surface area contributed by atoms with Gasteiger partial charge in [-0.05, 0) is 67.4 Å². The third-order valence-electron chi connectivity index (χ3n) is 4.18. The van der Waals surface area contributed by atoms with Gasteiger partial charge in [0.1, 0.15) is 5.82 Å². The molecule has 0 amide bonds. The standard InChI is InChI=1S/C20H20ClFN2/c1-14-11-17(13-23-12-16-3-7-19(22)8-4-16)15(2)24(14)20-9-5-18(21)6-10-20/h3-11,23H,12-13H2,1-2H3. The molecular weight excluding hydrogens is 323 g/mol. The van der Waals surface area contributed by atoms with E-state index in [0.29, 0.717) is 6.54 Å². The van der Waals surface area contributed by atoms with Crippen molar-refractivity contribution in [1.29, 1.82) is 0 Å². The van der Waals surface area contributed by atoms with E-state index in [9.17, 15) is 4.39 Å². The van der Waals surface area contributed by atoms with Gasteiger partial charge in [0.2, 0.25) is 0 Å². The van der Waals surface area contributed by atoms with Gasteiger partial charge in [-0.3, -0.25) is 0 Å². The maximum atomic E-state index is 12.9. The van der Waals surface area contributed by atoms with Crippen LogP contribution >= 0.6 is 11.6 Å². The third kappa shape index (κ3) is 3.69. The van der Waals surface area contributed by atoms with Gasteiger partial charge in [-0.15, -0.1) is 0 Å². The van der Waals surface area contributed by atoms with Crippen LogP contribution in [0.4, 0.5) is 4.39 Å². The molecule has 0 saturated heterocycles. The average molecular weight is 343 g/mol. The molecule has 0 fully saturated rings. The molecule has 0 radical (unpaired) electrons. The lowest BCUT2D eigenvalue weighted by Crippen LogP contribution is -2.13. The van der Waals surface area contributed by atoms with Crippen molar-refractivity contribution in [3.05, 3.63) is 88.0 Å². The van der Waals surface area contributed by atoms with Crippen LogP contribution in [-0.4, -0.2) is 4.57 Å². The number of nitrogens with one attached hydrogen (secondary N) is 1. The monoisotopic (exact) mass is 342 g/mol. The topological polar surface area (TPSA) is 17.0 Å². The van der Waals surface area contributed by atoms with E-state index in [1.807, 2.05) is 24.3 Å².